The third-order valence-electron chi connectivity index (χ3n) is 2.68. The Balaban J connectivity index is 2.40. The van der Waals surface area contributed by atoms with Gasteiger partial charge in [0.15, 0.2) is 0 Å². The number of hydrogen-bond acceptors (Lipinski definition) is 3. The molecule has 1 aromatic heterocycles. The molecule has 3 N–H and O–H groups in total. The monoisotopic (exact) mass is 178 g/mol. The van der Waals surface area contributed by atoms with Gasteiger partial charge in [-0.15, -0.1) is 0 Å². The van der Waals surface area contributed by atoms with Crippen molar-refractivity contribution in [2.45, 2.75) is 31.8 Å². The minimum absolute atomic E-state index is 0.613. The SMILES string of the molecule is Cc1cnc(C2(O)CCC2)c(N)c1. The molecule has 0 amide bonds. The van der Waals surface area contributed by atoms with Crippen molar-refractivity contribution in [3.8, 4) is 0 Å². The Labute approximate surface area is 77.6 Å². The molecule has 3 heteroatoms. The summed E-state index contributed by atoms with van der Waals surface area (Å²) in [6, 6.07) is 1.86. The van der Waals surface area contributed by atoms with Crippen LogP contribution in [0.25, 0.3) is 0 Å². The van der Waals surface area contributed by atoms with Gasteiger partial charge in [0.2, 0.25) is 0 Å². The number of pyridine rings is 1. The summed E-state index contributed by atoms with van der Waals surface area (Å²) in [5.74, 6) is 0. The third-order valence-corrected chi connectivity index (χ3v) is 2.68. The molecule has 0 radical (unpaired) electrons. The average molecular weight is 178 g/mol. The molecule has 2 rings (SSSR count). The molecule has 0 atom stereocenters. The molecule has 1 saturated carbocycles. The van der Waals surface area contributed by atoms with Crippen molar-refractivity contribution in [2.75, 3.05) is 5.73 Å². The minimum atomic E-state index is -0.738. The molecule has 0 aromatic carbocycles. The predicted molar refractivity (Wildman–Crippen MR) is 51.1 cm³/mol. The highest BCUT2D eigenvalue weighted by Crippen LogP contribution is 2.42. The van der Waals surface area contributed by atoms with E-state index in [1.807, 2.05) is 13.0 Å². The molecule has 0 aliphatic heterocycles. The summed E-state index contributed by atoms with van der Waals surface area (Å²) in [6.45, 7) is 1.94. The highest BCUT2D eigenvalue weighted by molar-refractivity contribution is 5.48. The minimum Gasteiger partial charge on any atom is -0.397 e. The lowest BCUT2D eigenvalue weighted by Crippen LogP contribution is -2.35. The zero-order valence-electron chi connectivity index (χ0n) is 7.75. The largest absolute Gasteiger partial charge is 0.397 e. The van der Waals surface area contributed by atoms with E-state index in [2.05, 4.69) is 4.98 Å². The maximum absolute atomic E-state index is 10.0. The van der Waals surface area contributed by atoms with Crippen LogP contribution in [-0.2, 0) is 5.60 Å². The number of rotatable bonds is 1. The van der Waals surface area contributed by atoms with E-state index < -0.39 is 5.60 Å². The first kappa shape index (κ1) is 8.51. The number of hydrogen-bond donors (Lipinski definition) is 2. The summed E-state index contributed by atoms with van der Waals surface area (Å²) < 4.78 is 0. The van der Waals surface area contributed by atoms with Gasteiger partial charge in [0, 0.05) is 6.20 Å². The Morgan fingerprint density at radius 1 is 1.54 bits per heavy atom. The lowest BCUT2D eigenvalue weighted by atomic mass is 9.77. The standard InChI is InChI=1S/C10H14N2O/c1-7-5-8(11)9(12-6-7)10(13)3-2-4-10/h5-6,13H,2-4,11H2,1H3. The van der Waals surface area contributed by atoms with Crippen molar-refractivity contribution in [3.63, 3.8) is 0 Å². The Morgan fingerprint density at radius 2 is 2.23 bits per heavy atom. The topological polar surface area (TPSA) is 59.1 Å². The summed E-state index contributed by atoms with van der Waals surface area (Å²) in [5, 5.41) is 10.0. The molecule has 3 nitrogen and oxygen atoms in total. The molecule has 1 aromatic rings. The van der Waals surface area contributed by atoms with E-state index in [0.29, 0.717) is 11.4 Å². The number of nitrogen functional groups attached to an aromatic ring is 1. The zero-order valence-corrected chi connectivity index (χ0v) is 7.75. The number of aryl methyl sites for hydroxylation is 1. The van der Waals surface area contributed by atoms with Crippen molar-refractivity contribution < 1.29 is 5.11 Å². The molecule has 0 unspecified atom stereocenters. The van der Waals surface area contributed by atoms with Gasteiger partial charge in [-0.1, -0.05) is 0 Å². The van der Waals surface area contributed by atoms with Crippen molar-refractivity contribution in [1.29, 1.82) is 0 Å². The molecule has 70 valence electrons. The summed E-state index contributed by atoms with van der Waals surface area (Å²) in [7, 11) is 0. The van der Waals surface area contributed by atoms with E-state index >= 15 is 0 Å². The fourth-order valence-corrected chi connectivity index (χ4v) is 1.73. The third kappa shape index (κ3) is 1.29. The van der Waals surface area contributed by atoms with E-state index in [1.54, 1.807) is 6.20 Å². The highest BCUT2D eigenvalue weighted by Gasteiger charge is 2.38. The smallest absolute Gasteiger partial charge is 0.109 e. The van der Waals surface area contributed by atoms with Crippen molar-refractivity contribution in [1.82, 2.24) is 4.98 Å². The predicted octanol–water partition coefficient (Wildman–Crippen LogP) is 1.34. The number of nitrogens with two attached hydrogens (primary N) is 1. The average Bonchev–Trinajstić information content (AvgIpc) is 2.00. The maximum atomic E-state index is 10.0. The number of nitrogens with zero attached hydrogens (tertiary/aromatic N) is 1. The van der Waals surface area contributed by atoms with Gasteiger partial charge >= 0.3 is 0 Å². The van der Waals surface area contributed by atoms with Gasteiger partial charge in [0.25, 0.3) is 0 Å². The normalized spacial score (nSPS) is 19.5. The second-order valence-electron chi connectivity index (χ2n) is 3.84. The van der Waals surface area contributed by atoms with Crippen LogP contribution in [0.1, 0.15) is 30.5 Å². The van der Waals surface area contributed by atoms with Gasteiger partial charge in [0.05, 0.1) is 11.4 Å². The van der Waals surface area contributed by atoms with E-state index in [4.69, 9.17) is 5.73 Å². The Bertz CT molecular complexity index is 332. The number of aromatic nitrogens is 1. The van der Waals surface area contributed by atoms with Crippen LogP contribution in [0.15, 0.2) is 12.3 Å². The fourth-order valence-electron chi connectivity index (χ4n) is 1.73. The molecule has 0 spiro atoms. The summed E-state index contributed by atoms with van der Waals surface area (Å²) in [5.41, 5.74) is 7.36. The van der Waals surface area contributed by atoms with Crippen molar-refractivity contribution >= 4 is 5.69 Å². The zero-order chi connectivity index (χ0) is 9.47. The van der Waals surface area contributed by atoms with Gasteiger partial charge in [-0.3, -0.25) is 4.98 Å². The lowest BCUT2D eigenvalue weighted by molar-refractivity contribution is -0.0418. The van der Waals surface area contributed by atoms with Crippen LogP contribution in [0.5, 0.6) is 0 Å². The molecular weight excluding hydrogens is 164 g/mol. The van der Waals surface area contributed by atoms with Gasteiger partial charge in [0.1, 0.15) is 5.60 Å². The number of aliphatic hydroxyl groups is 1. The quantitative estimate of drug-likeness (QED) is 0.682. The van der Waals surface area contributed by atoms with Crippen LogP contribution in [0.3, 0.4) is 0 Å². The van der Waals surface area contributed by atoms with Crippen LogP contribution in [0.4, 0.5) is 5.69 Å². The number of anilines is 1. The molecule has 1 heterocycles. The second kappa shape index (κ2) is 2.70. The first-order valence-corrected chi connectivity index (χ1v) is 4.57. The Kier molecular flexibility index (Phi) is 1.77. The van der Waals surface area contributed by atoms with Gasteiger partial charge in [-0.2, -0.15) is 0 Å². The maximum Gasteiger partial charge on any atom is 0.109 e. The van der Waals surface area contributed by atoms with Crippen LogP contribution < -0.4 is 5.73 Å². The Hall–Kier alpha value is -1.09. The molecule has 1 fully saturated rings. The summed E-state index contributed by atoms with van der Waals surface area (Å²) in [4.78, 5) is 4.20. The summed E-state index contributed by atoms with van der Waals surface area (Å²) in [6.07, 6.45) is 4.38. The first-order valence-electron chi connectivity index (χ1n) is 4.57. The Morgan fingerprint density at radius 3 is 2.69 bits per heavy atom. The van der Waals surface area contributed by atoms with Gasteiger partial charge < -0.3 is 10.8 Å². The van der Waals surface area contributed by atoms with Gasteiger partial charge in [-0.05, 0) is 37.8 Å². The molecule has 1 aliphatic carbocycles. The lowest BCUT2D eigenvalue weighted by Gasteiger charge is -2.36. The molecule has 0 bridgehead atoms. The van der Waals surface area contributed by atoms with Crippen molar-refractivity contribution in [2.24, 2.45) is 0 Å². The second-order valence-corrected chi connectivity index (χ2v) is 3.84. The van der Waals surface area contributed by atoms with Gasteiger partial charge in [-0.25, -0.2) is 0 Å². The van der Waals surface area contributed by atoms with E-state index in [0.717, 1.165) is 24.8 Å². The van der Waals surface area contributed by atoms with Crippen LogP contribution in [0, 0.1) is 6.92 Å². The van der Waals surface area contributed by atoms with Crippen LogP contribution in [0.2, 0.25) is 0 Å². The van der Waals surface area contributed by atoms with Crippen LogP contribution >= 0.6 is 0 Å². The van der Waals surface area contributed by atoms with E-state index in [9.17, 15) is 5.11 Å². The first-order chi connectivity index (χ1) is 6.12. The summed E-state index contributed by atoms with van der Waals surface area (Å²) >= 11 is 0. The van der Waals surface area contributed by atoms with Crippen LogP contribution in [-0.4, -0.2) is 10.1 Å². The molecule has 0 saturated heterocycles. The molecular formula is C10H14N2O. The molecule has 13 heavy (non-hydrogen) atoms. The molecule has 1 aliphatic rings. The van der Waals surface area contributed by atoms with Crippen molar-refractivity contribution in [3.05, 3.63) is 23.5 Å². The van der Waals surface area contributed by atoms with E-state index in [-0.39, 0.29) is 0 Å². The highest BCUT2D eigenvalue weighted by atomic mass is 16.3. The van der Waals surface area contributed by atoms with E-state index in [1.165, 1.54) is 0 Å². The fraction of sp³-hybridized carbons (Fsp3) is 0.500.